The van der Waals surface area contributed by atoms with Gasteiger partial charge < -0.3 is 0 Å². The molecule has 1 fully saturated rings. The van der Waals surface area contributed by atoms with Gasteiger partial charge in [-0.05, 0) is 50.4 Å². The zero-order valence-corrected chi connectivity index (χ0v) is 9.47. The SMILES string of the molecule is C=C(C)CC1CC(C)CC(CC)C1. The van der Waals surface area contributed by atoms with Crippen molar-refractivity contribution in [2.24, 2.45) is 17.8 Å². The summed E-state index contributed by atoms with van der Waals surface area (Å²) in [6.07, 6.45) is 6.98. The Bertz CT molecular complexity index is 169. The normalized spacial score (nSPS) is 34.5. The highest BCUT2D eigenvalue weighted by molar-refractivity contribution is 4.92. The summed E-state index contributed by atoms with van der Waals surface area (Å²) < 4.78 is 0. The van der Waals surface area contributed by atoms with Crippen molar-refractivity contribution in [1.82, 2.24) is 0 Å². The van der Waals surface area contributed by atoms with Crippen LogP contribution < -0.4 is 0 Å². The minimum absolute atomic E-state index is 0.936. The van der Waals surface area contributed by atoms with Gasteiger partial charge in [0.15, 0.2) is 0 Å². The lowest BCUT2D eigenvalue weighted by molar-refractivity contribution is 0.201. The maximum Gasteiger partial charge on any atom is -0.0297 e. The van der Waals surface area contributed by atoms with Crippen LogP contribution in [0.2, 0.25) is 0 Å². The third-order valence-corrected chi connectivity index (χ3v) is 3.35. The quantitative estimate of drug-likeness (QED) is 0.564. The Hall–Kier alpha value is -0.260. The van der Waals surface area contributed by atoms with Gasteiger partial charge in [0.1, 0.15) is 0 Å². The van der Waals surface area contributed by atoms with Crippen molar-refractivity contribution in [3.63, 3.8) is 0 Å². The Morgan fingerprint density at radius 2 is 1.85 bits per heavy atom. The van der Waals surface area contributed by atoms with Gasteiger partial charge in [0.2, 0.25) is 0 Å². The van der Waals surface area contributed by atoms with Crippen LogP contribution in [-0.4, -0.2) is 0 Å². The van der Waals surface area contributed by atoms with Gasteiger partial charge in [-0.1, -0.05) is 25.8 Å². The van der Waals surface area contributed by atoms with Crippen molar-refractivity contribution in [2.75, 3.05) is 0 Å². The summed E-state index contributed by atoms with van der Waals surface area (Å²) in [5.74, 6) is 2.88. The number of hydrogen-bond acceptors (Lipinski definition) is 0. The second-order valence-corrected chi connectivity index (χ2v) is 5.11. The Morgan fingerprint density at radius 1 is 1.23 bits per heavy atom. The Balaban J connectivity index is 2.42. The van der Waals surface area contributed by atoms with Gasteiger partial charge in [0.25, 0.3) is 0 Å². The summed E-state index contributed by atoms with van der Waals surface area (Å²) in [5.41, 5.74) is 1.37. The molecular weight excluding hydrogens is 156 g/mol. The van der Waals surface area contributed by atoms with Crippen molar-refractivity contribution in [3.05, 3.63) is 12.2 Å². The zero-order valence-electron chi connectivity index (χ0n) is 9.47. The largest absolute Gasteiger partial charge is 0.100 e. The average molecular weight is 180 g/mol. The lowest BCUT2D eigenvalue weighted by atomic mass is 9.73. The molecule has 0 aliphatic heterocycles. The number of allylic oxidation sites excluding steroid dienone is 1. The summed E-state index contributed by atoms with van der Waals surface area (Å²) in [6.45, 7) is 10.9. The van der Waals surface area contributed by atoms with E-state index in [1.165, 1.54) is 37.7 Å². The molecule has 0 amide bonds. The summed E-state index contributed by atoms with van der Waals surface area (Å²) in [4.78, 5) is 0. The van der Waals surface area contributed by atoms with Crippen molar-refractivity contribution in [2.45, 2.75) is 52.9 Å². The van der Waals surface area contributed by atoms with E-state index in [2.05, 4.69) is 27.4 Å². The van der Waals surface area contributed by atoms with E-state index in [0.29, 0.717) is 0 Å². The third kappa shape index (κ3) is 3.54. The standard InChI is InChI=1S/C13H24/c1-5-12-7-11(4)8-13(9-12)6-10(2)3/h11-13H,2,5-9H2,1,3-4H3. The van der Waals surface area contributed by atoms with E-state index in [-0.39, 0.29) is 0 Å². The molecule has 0 heterocycles. The number of rotatable bonds is 3. The maximum absolute atomic E-state index is 4.03. The summed E-state index contributed by atoms with van der Waals surface area (Å²) in [7, 11) is 0. The minimum atomic E-state index is 0.936. The Kier molecular flexibility index (Phi) is 4.02. The Morgan fingerprint density at radius 3 is 2.38 bits per heavy atom. The highest BCUT2D eigenvalue weighted by atomic mass is 14.3. The van der Waals surface area contributed by atoms with Crippen LogP contribution in [0.3, 0.4) is 0 Å². The Labute approximate surface area is 83.4 Å². The first kappa shape index (κ1) is 10.8. The molecule has 0 aromatic heterocycles. The molecule has 76 valence electrons. The molecule has 1 aliphatic carbocycles. The maximum atomic E-state index is 4.03. The molecule has 0 aromatic carbocycles. The van der Waals surface area contributed by atoms with E-state index in [4.69, 9.17) is 0 Å². The third-order valence-electron chi connectivity index (χ3n) is 3.35. The minimum Gasteiger partial charge on any atom is -0.100 e. The summed E-state index contributed by atoms with van der Waals surface area (Å²) in [6, 6.07) is 0. The van der Waals surface area contributed by atoms with Crippen LogP contribution in [0.15, 0.2) is 12.2 Å². The van der Waals surface area contributed by atoms with Crippen LogP contribution >= 0.6 is 0 Å². The van der Waals surface area contributed by atoms with E-state index in [9.17, 15) is 0 Å². The van der Waals surface area contributed by atoms with Gasteiger partial charge in [-0.15, -0.1) is 6.58 Å². The molecule has 0 aromatic rings. The molecule has 3 unspecified atom stereocenters. The van der Waals surface area contributed by atoms with Gasteiger partial charge in [0, 0.05) is 0 Å². The monoisotopic (exact) mass is 180 g/mol. The second kappa shape index (κ2) is 4.83. The molecule has 1 saturated carbocycles. The van der Waals surface area contributed by atoms with Crippen molar-refractivity contribution in [3.8, 4) is 0 Å². The van der Waals surface area contributed by atoms with E-state index in [0.717, 1.165) is 17.8 Å². The second-order valence-electron chi connectivity index (χ2n) is 5.11. The van der Waals surface area contributed by atoms with Crippen LogP contribution in [-0.2, 0) is 0 Å². The first-order chi connectivity index (χ1) is 6.11. The molecule has 3 atom stereocenters. The molecule has 0 radical (unpaired) electrons. The highest BCUT2D eigenvalue weighted by Crippen LogP contribution is 2.37. The molecule has 0 nitrogen and oxygen atoms in total. The van der Waals surface area contributed by atoms with Crippen molar-refractivity contribution in [1.29, 1.82) is 0 Å². The molecule has 0 spiro atoms. The van der Waals surface area contributed by atoms with E-state index in [1.54, 1.807) is 0 Å². The molecule has 1 rings (SSSR count). The number of hydrogen-bond donors (Lipinski definition) is 0. The van der Waals surface area contributed by atoms with Crippen LogP contribution in [0.25, 0.3) is 0 Å². The van der Waals surface area contributed by atoms with Crippen LogP contribution in [0, 0.1) is 17.8 Å². The van der Waals surface area contributed by atoms with Crippen LogP contribution in [0.1, 0.15) is 52.9 Å². The van der Waals surface area contributed by atoms with E-state index < -0.39 is 0 Å². The van der Waals surface area contributed by atoms with Gasteiger partial charge >= 0.3 is 0 Å². The first-order valence-electron chi connectivity index (χ1n) is 5.76. The molecular formula is C13H24. The molecule has 0 heteroatoms. The highest BCUT2D eigenvalue weighted by Gasteiger charge is 2.24. The topological polar surface area (TPSA) is 0 Å². The van der Waals surface area contributed by atoms with Crippen molar-refractivity contribution >= 4 is 0 Å². The predicted octanol–water partition coefficient (Wildman–Crippen LogP) is 4.42. The van der Waals surface area contributed by atoms with Gasteiger partial charge in [-0.3, -0.25) is 0 Å². The molecule has 13 heavy (non-hydrogen) atoms. The fourth-order valence-corrected chi connectivity index (χ4v) is 2.89. The lowest BCUT2D eigenvalue weighted by Gasteiger charge is -2.33. The van der Waals surface area contributed by atoms with Gasteiger partial charge in [-0.25, -0.2) is 0 Å². The zero-order chi connectivity index (χ0) is 9.84. The fourth-order valence-electron chi connectivity index (χ4n) is 2.89. The molecule has 0 saturated heterocycles. The van der Waals surface area contributed by atoms with Gasteiger partial charge in [-0.2, -0.15) is 0 Å². The van der Waals surface area contributed by atoms with Crippen molar-refractivity contribution < 1.29 is 0 Å². The van der Waals surface area contributed by atoms with E-state index in [1.807, 2.05) is 0 Å². The lowest BCUT2D eigenvalue weighted by Crippen LogP contribution is -2.21. The summed E-state index contributed by atoms with van der Waals surface area (Å²) >= 11 is 0. The first-order valence-corrected chi connectivity index (χ1v) is 5.76. The smallest absolute Gasteiger partial charge is 0.0297 e. The fraction of sp³-hybridized carbons (Fsp3) is 0.846. The van der Waals surface area contributed by atoms with Gasteiger partial charge in [0.05, 0.1) is 0 Å². The molecule has 1 aliphatic rings. The van der Waals surface area contributed by atoms with Crippen LogP contribution in [0.4, 0.5) is 0 Å². The average Bonchev–Trinajstić information content (AvgIpc) is 2.01. The molecule has 0 bridgehead atoms. The molecule has 0 N–H and O–H groups in total. The van der Waals surface area contributed by atoms with Crippen LogP contribution in [0.5, 0.6) is 0 Å². The van der Waals surface area contributed by atoms with E-state index >= 15 is 0 Å². The summed E-state index contributed by atoms with van der Waals surface area (Å²) in [5, 5.41) is 0. The predicted molar refractivity (Wildman–Crippen MR) is 59.7 cm³/mol.